The van der Waals surface area contributed by atoms with Gasteiger partial charge in [0.15, 0.2) is 6.61 Å². The minimum atomic E-state index is -0.495. The first kappa shape index (κ1) is 22.4. The Morgan fingerprint density at radius 2 is 1.47 bits per heavy atom. The number of rotatable bonds is 9. The first-order chi connectivity index (χ1) is 15.6. The van der Waals surface area contributed by atoms with E-state index in [1.807, 2.05) is 0 Å². The normalized spacial score (nSPS) is 10.4. The molecule has 1 N–H and O–H groups in total. The predicted octanol–water partition coefficient (Wildman–Crippen LogP) is 3.45. The Balaban J connectivity index is 1.49. The topological polar surface area (TPSA) is 95.5 Å². The van der Waals surface area contributed by atoms with Gasteiger partial charge in [0.05, 0.1) is 26.0 Å². The van der Waals surface area contributed by atoms with Crippen molar-refractivity contribution in [2.24, 2.45) is 5.10 Å². The molecule has 8 nitrogen and oxygen atoms in total. The first-order valence-corrected chi connectivity index (χ1v) is 9.62. The molecule has 0 saturated carbocycles. The molecule has 0 heterocycles. The van der Waals surface area contributed by atoms with E-state index in [9.17, 15) is 9.59 Å². The Morgan fingerprint density at radius 3 is 2.12 bits per heavy atom. The largest absolute Gasteiger partial charge is 0.497 e. The second kappa shape index (κ2) is 11.2. The fourth-order valence-electron chi connectivity index (χ4n) is 2.58. The molecule has 3 aromatic rings. The third-order valence-corrected chi connectivity index (χ3v) is 4.23. The van der Waals surface area contributed by atoms with Crippen LogP contribution in [0.15, 0.2) is 77.9 Å². The maximum Gasteiger partial charge on any atom is 0.343 e. The lowest BCUT2D eigenvalue weighted by Crippen LogP contribution is -2.24. The summed E-state index contributed by atoms with van der Waals surface area (Å²) in [6.45, 7) is -0.191. The number of nitrogens with one attached hydrogen (secondary N) is 1. The van der Waals surface area contributed by atoms with E-state index in [0.717, 1.165) is 0 Å². The lowest BCUT2D eigenvalue weighted by atomic mass is 10.2. The number of carbonyl (C=O) groups is 2. The molecule has 0 aromatic heterocycles. The van der Waals surface area contributed by atoms with Crippen LogP contribution < -0.4 is 24.4 Å². The standard InChI is InChI=1S/C24H22N2O6/c1-29-19-8-6-18(7-9-19)24(28)32-22-5-3-4-17(14-22)15-25-26-23(27)16-31-21-12-10-20(30-2)11-13-21/h3-15H,16H2,1-2H3,(H,26,27)/b25-15-. The monoisotopic (exact) mass is 434 g/mol. The highest BCUT2D eigenvalue weighted by Crippen LogP contribution is 2.17. The van der Waals surface area contributed by atoms with E-state index in [1.54, 1.807) is 87.0 Å². The number of ether oxygens (including phenoxy) is 4. The van der Waals surface area contributed by atoms with Crippen LogP contribution in [0.5, 0.6) is 23.0 Å². The first-order valence-electron chi connectivity index (χ1n) is 9.62. The summed E-state index contributed by atoms with van der Waals surface area (Å²) in [7, 11) is 3.12. The Morgan fingerprint density at radius 1 is 0.844 bits per heavy atom. The zero-order valence-electron chi connectivity index (χ0n) is 17.6. The van der Waals surface area contributed by atoms with Crippen LogP contribution in [0.1, 0.15) is 15.9 Å². The van der Waals surface area contributed by atoms with Crippen LogP contribution in [0, 0.1) is 0 Å². The number of benzene rings is 3. The molecule has 164 valence electrons. The summed E-state index contributed by atoms with van der Waals surface area (Å²) in [5.41, 5.74) is 3.42. The number of esters is 1. The van der Waals surface area contributed by atoms with Crippen LogP contribution in [0.4, 0.5) is 0 Å². The van der Waals surface area contributed by atoms with Gasteiger partial charge in [-0.2, -0.15) is 5.10 Å². The number of methoxy groups -OCH3 is 2. The summed E-state index contributed by atoms with van der Waals surface area (Å²) in [5, 5.41) is 3.90. The molecule has 3 aromatic carbocycles. The zero-order valence-corrected chi connectivity index (χ0v) is 17.6. The summed E-state index contributed by atoms with van der Waals surface area (Å²) in [4.78, 5) is 24.2. The molecule has 0 saturated heterocycles. The number of nitrogens with zero attached hydrogens (tertiary/aromatic N) is 1. The molecule has 0 unspecified atom stereocenters. The van der Waals surface area contributed by atoms with Crippen molar-refractivity contribution in [3.05, 3.63) is 83.9 Å². The van der Waals surface area contributed by atoms with Gasteiger partial charge in [0, 0.05) is 0 Å². The molecule has 0 radical (unpaired) electrons. The maximum atomic E-state index is 12.3. The number of hydrogen-bond donors (Lipinski definition) is 1. The average molecular weight is 434 g/mol. The van der Waals surface area contributed by atoms with E-state index >= 15 is 0 Å². The van der Waals surface area contributed by atoms with E-state index in [2.05, 4.69) is 10.5 Å². The molecule has 0 fully saturated rings. The highest BCUT2D eigenvalue weighted by Gasteiger charge is 2.09. The van der Waals surface area contributed by atoms with Gasteiger partial charge < -0.3 is 18.9 Å². The average Bonchev–Trinajstić information content (AvgIpc) is 2.83. The van der Waals surface area contributed by atoms with Crippen molar-refractivity contribution in [2.45, 2.75) is 0 Å². The molecule has 0 bridgehead atoms. The molecule has 0 aliphatic heterocycles. The third-order valence-electron chi connectivity index (χ3n) is 4.23. The molecule has 0 spiro atoms. The van der Waals surface area contributed by atoms with Crippen molar-refractivity contribution < 1.29 is 28.5 Å². The second-order valence-electron chi connectivity index (χ2n) is 6.45. The van der Waals surface area contributed by atoms with Gasteiger partial charge >= 0.3 is 5.97 Å². The highest BCUT2D eigenvalue weighted by atomic mass is 16.5. The smallest absolute Gasteiger partial charge is 0.343 e. The molecular weight excluding hydrogens is 412 g/mol. The number of carbonyl (C=O) groups excluding carboxylic acids is 2. The Labute approximate surface area is 185 Å². The molecule has 8 heteroatoms. The van der Waals surface area contributed by atoms with Gasteiger partial charge in [-0.15, -0.1) is 0 Å². The Kier molecular flexibility index (Phi) is 7.80. The van der Waals surface area contributed by atoms with Gasteiger partial charge in [-0.25, -0.2) is 10.2 Å². The molecule has 1 amide bonds. The van der Waals surface area contributed by atoms with Crippen LogP contribution >= 0.6 is 0 Å². The van der Waals surface area contributed by atoms with Crippen LogP contribution in [-0.2, 0) is 4.79 Å². The van der Waals surface area contributed by atoms with Crippen molar-refractivity contribution in [2.75, 3.05) is 20.8 Å². The lowest BCUT2D eigenvalue weighted by molar-refractivity contribution is -0.123. The van der Waals surface area contributed by atoms with Crippen LogP contribution in [0.3, 0.4) is 0 Å². The Hall–Kier alpha value is -4.33. The molecule has 0 aliphatic rings. The van der Waals surface area contributed by atoms with Gasteiger partial charge in [0.2, 0.25) is 0 Å². The maximum absolute atomic E-state index is 12.3. The summed E-state index contributed by atoms with van der Waals surface area (Å²) >= 11 is 0. The number of hydrogen-bond acceptors (Lipinski definition) is 7. The Bertz CT molecular complexity index is 1080. The number of hydrazone groups is 1. The highest BCUT2D eigenvalue weighted by molar-refractivity contribution is 5.91. The SMILES string of the molecule is COc1ccc(OCC(=O)N/N=C\c2cccc(OC(=O)c3ccc(OC)cc3)c2)cc1. The summed E-state index contributed by atoms with van der Waals surface area (Å²) < 4.78 is 20.9. The second-order valence-corrected chi connectivity index (χ2v) is 6.45. The van der Waals surface area contributed by atoms with Crippen LogP contribution in [0.25, 0.3) is 0 Å². The van der Waals surface area contributed by atoms with Crippen molar-refractivity contribution in [3.8, 4) is 23.0 Å². The molecule has 3 rings (SSSR count). The minimum Gasteiger partial charge on any atom is -0.497 e. The predicted molar refractivity (Wildman–Crippen MR) is 119 cm³/mol. The lowest BCUT2D eigenvalue weighted by Gasteiger charge is -2.06. The minimum absolute atomic E-state index is 0.191. The van der Waals surface area contributed by atoms with Gasteiger partial charge in [0.25, 0.3) is 5.91 Å². The fraction of sp³-hybridized carbons (Fsp3) is 0.125. The fourth-order valence-corrected chi connectivity index (χ4v) is 2.58. The quantitative estimate of drug-likeness (QED) is 0.240. The van der Waals surface area contributed by atoms with Crippen molar-refractivity contribution in [3.63, 3.8) is 0 Å². The van der Waals surface area contributed by atoms with Gasteiger partial charge in [-0.1, -0.05) is 12.1 Å². The summed E-state index contributed by atoms with van der Waals surface area (Å²) in [6, 6.07) is 20.2. The van der Waals surface area contributed by atoms with E-state index in [0.29, 0.717) is 34.1 Å². The summed E-state index contributed by atoms with van der Waals surface area (Å²) in [5.74, 6) is 1.32. The van der Waals surface area contributed by atoms with Gasteiger partial charge in [-0.3, -0.25) is 4.79 Å². The summed E-state index contributed by atoms with van der Waals surface area (Å²) in [6.07, 6.45) is 1.44. The van der Waals surface area contributed by atoms with E-state index < -0.39 is 11.9 Å². The zero-order chi connectivity index (χ0) is 22.8. The van der Waals surface area contributed by atoms with Crippen molar-refractivity contribution in [1.29, 1.82) is 0 Å². The van der Waals surface area contributed by atoms with Crippen molar-refractivity contribution >= 4 is 18.1 Å². The molecular formula is C24H22N2O6. The molecule has 0 atom stereocenters. The number of amides is 1. The van der Waals surface area contributed by atoms with Crippen LogP contribution in [-0.4, -0.2) is 38.9 Å². The third kappa shape index (κ3) is 6.60. The van der Waals surface area contributed by atoms with E-state index in [-0.39, 0.29) is 6.61 Å². The van der Waals surface area contributed by atoms with E-state index in [1.165, 1.54) is 6.21 Å². The molecule has 32 heavy (non-hydrogen) atoms. The molecule has 0 aliphatic carbocycles. The van der Waals surface area contributed by atoms with E-state index in [4.69, 9.17) is 18.9 Å². The van der Waals surface area contributed by atoms with Crippen molar-refractivity contribution in [1.82, 2.24) is 5.43 Å². The van der Waals surface area contributed by atoms with Gasteiger partial charge in [-0.05, 0) is 66.2 Å². The van der Waals surface area contributed by atoms with Gasteiger partial charge in [0.1, 0.15) is 23.0 Å². The van der Waals surface area contributed by atoms with Crippen LogP contribution in [0.2, 0.25) is 0 Å².